The minimum atomic E-state index is -0.313. The molecule has 3 amide bonds. The Morgan fingerprint density at radius 1 is 0.880 bits per heavy atom. The first kappa shape index (κ1) is 17.0. The van der Waals surface area contributed by atoms with E-state index in [0.717, 1.165) is 18.5 Å². The van der Waals surface area contributed by atoms with E-state index in [1.807, 2.05) is 24.3 Å². The molecule has 1 fully saturated rings. The van der Waals surface area contributed by atoms with E-state index in [1.165, 1.54) is 5.56 Å². The van der Waals surface area contributed by atoms with Crippen LogP contribution < -0.4 is 16.0 Å². The highest BCUT2D eigenvalue weighted by Crippen LogP contribution is 2.20. The topological polar surface area (TPSA) is 70.2 Å². The highest BCUT2D eigenvalue weighted by Gasteiger charge is 2.23. The van der Waals surface area contributed by atoms with Gasteiger partial charge in [0.1, 0.15) is 0 Å². The Morgan fingerprint density at radius 3 is 1.88 bits per heavy atom. The van der Waals surface area contributed by atoms with Crippen LogP contribution in [0.3, 0.4) is 0 Å². The van der Waals surface area contributed by atoms with Crippen LogP contribution in [0.1, 0.15) is 48.5 Å². The number of benzene rings is 2. The first-order valence-electron chi connectivity index (χ1n) is 8.60. The second-order valence-electron chi connectivity index (χ2n) is 6.68. The molecule has 1 aliphatic carbocycles. The molecule has 0 bridgehead atoms. The molecule has 130 valence electrons. The maximum absolute atomic E-state index is 12.1. The number of hydrogen-bond acceptors (Lipinski definition) is 2. The van der Waals surface area contributed by atoms with E-state index in [4.69, 9.17) is 0 Å². The van der Waals surface area contributed by atoms with Gasteiger partial charge in [0.2, 0.25) is 0 Å². The number of anilines is 2. The van der Waals surface area contributed by atoms with E-state index >= 15 is 0 Å². The van der Waals surface area contributed by atoms with Crippen molar-refractivity contribution in [3.05, 3.63) is 59.7 Å². The average Bonchev–Trinajstić information content (AvgIpc) is 3.40. The van der Waals surface area contributed by atoms with Gasteiger partial charge in [0.05, 0.1) is 0 Å². The highest BCUT2D eigenvalue weighted by atomic mass is 16.2. The van der Waals surface area contributed by atoms with Gasteiger partial charge >= 0.3 is 6.03 Å². The Labute approximate surface area is 147 Å². The largest absolute Gasteiger partial charge is 0.349 e. The second kappa shape index (κ2) is 7.38. The van der Waals surface area contributed by atoms with Crippen LogP contribution in [-0.2, 0) is 0 Å². The number of hydrogen-bond donors (Lipinski definition) is 3. The SMILES string of the molecule is CC(C)c1ccc(NC(=O)Nc2ccc(C(=O)NC3CC3)cc2)cc1. The average molecular weight is 337 g/mol. The molecule has 0 atom stereocenters. The van der Waals surface area contributed by atoms with Crippen LogP contribution in [0.25, 0.3) is 0 Å². The second-order valence-corrected chi connectivity index (χ2v) is 6.68. The van der Waals surface area contributed by atoms with Crippen molar-refractivity contribution in [1.82, 2.24) is 5.32 Å². The van der Waals surface area contributed by atoms with E-state index in [9.17, 15) is 9.59 Å². The van der Waals surface area contributed by atoms with Crippen molar-refractivity contribution in [2.24, 2.45) is 0 Å². The fourth-order valence-electron chi connectivity index (χ4n) is 2.45. The van der Waals surface area contributed by atoms with Crippen molar-refractivity contribution >= 4 is 23.3 Å². The van der Waals surface area contributed by atoms with Gasteiger partial charge in [0.15, 0.2) is 0 Å². The van der Waals surface area contributed by atoms with Gasteiger partial charge in [-0.3, -0.25) is 4.79 Å². The van der Waals surface area contributed by atoms with Crippen molar-refractivity contribution in [1.29, 1.82) is 0 Å². The summed E-state index contributed by atoms with van der Waals surface area (Å²) in [5.74, 6) is 0.391. The van der Waals surface area contributed by atoms with Gasteiger partial charge in [-0.15, -0.1) is 0 Å². The van der Waals surface area contributed by atoms with Crippen LogP contribution in [0.4, 0.5) is 16.2 Å². The fourth-order valence-corrected chi connectivity index (χ4v) is 2.45. The first-order valence-corrected chi connectivity index (χ1v) is 8.60. The lowest BCUT2D eigenvalue weighted by atomic mass is 10.0. The standard InChI is InChI=1S/C20H23N3O2/c1-13(2)14-3-7-17(8-4-14)22-20(25)23-18-9-5-15(6-10-18)19(24)21-16-11-12-16/h3-10,13,16H,11-12H2,1-2H3,(H,21,24)(H2,22,23,25). The zero-order chi connectivity index (χ0) is 17.8. The van der Waals surface area contributed by atoms with E-state index in [-0.39, 0.29) is 11.9 Å². The van der Waals surface area contributed by atoms with Crippen LogP contribution in [-0.4, -0.2) is 18.0 Å². The molecule has 5 nitrogen and oxygen atoms in total. The summed E-state index contributed by atoms with van der Waals surface area (Å²) in [5, 5.41) is 8.50. The van der Waals surface area contributed by atoms with Crippen molar-refractivity contribution in [2.75, 3.05) is 10.6 Å². The molecule has 1 aliphatic rings. The quantitative estimate of drug-likeness (QED) is 0.759. The maximum Gasteiger partial charge on any atom is 0.323 e. The van der Waals surface area contributed by atoms with E-state index in [2.05, 4.69) is 29.8 Å². The Morgan fingerprint density at radius 2 is 1.40 bits per heavy atom. The summed E-state index contributed by atoms with van der Waals surface area (Å²) in [6.07, 6.45) is 2.12. The molecule has 2 aromatic rings. The van der Waals surface area contributed by atoms with Crippen LogP contribution in [0.15, 0.2) is 48.5 Å². The first-order chi connectivity index (χ1) is 12.0. The summed E-state index contributed by atoms with van der Waals surface area (Å²) < 4.78 is 0. The van der Waals surface area contributed by atoms with Gasteiger partial charge in [0.25, 0.3) is 5.91 Å². The normalized spacial score (nSPS) is 13.4. The Hall–Kier alpha value is -2.82. The molecule has 3 rings (SSSR count). The summed E-state index contributed by atoms with van der Waals surface area (Å²) in [7, 11) is 0. The zero-order valence-electron chi connectivity index (χ0n) is 14.5. The molecule has 1 saturated carbocycles. The lowest BCUT2D eigenvalue weighted by molar-refractivity contribution is 0.0951. The summed E-state index contributed by atoms with van der Waals surface area (Å²) in [6, 6.07) is 14.7. The molecular weight excluding hydrogens is 314 g/mol. The summed E-state index contributed by atoms with van der Waals surface area (Å²) in [4.78, 5) is 24.0. The van der Waals surface area contributed by atoms with Gasteiger partial charge in [-0.2, -0.15) is 0 Å². The number of nitrogens with one attached hydrogen (secondary N) is 3. The molecule has 3 N–H and O–H groups in total. The zero-order valence-corrected chi connectivity index (χ0v) is 14.5. The molecule has 0 unspecified atom stereocenters. The molecule has 5 heteroatoms. The maximum atomic E-state index is 12.1. The van der Waals surface area contributed by atoms with Crippen LogP contribution in [0, 0.1) is 0 Å². The molecule has 0 spiro atoms. The number of carbonyl (C=O) groups excluding carboxylic acids is 2. The smallest absolute Gasteiger partial charge is 0.323 e. The van der Waals surface area contributed by atoms with Gasteiger partial charge in [-0.1, -0.05) is 26.0 Å². The summed E-state index contributed by atoms with van der Waals surface area (Å²) >= 11 is 0. The number of carbonyl (C=O) groups is 2. The summed E-state index contributed by atoms with van der Waals surface area (Å²) in [5.41, 5.74) is 3.20. The molecular formula is C20H23N3O2. The predicted molar refractivity (Wildman–Crippen MR) is 100 cm³/mol. The van der Waals surface area contributed by atoms with E-state index in [0.29, 0.717) is 23.2 Å². The predicted octanol–water partition coefficient (Wildman–Crippen LogP) is 4.35. The van der Waals surface area contributed by atoms with Crippen molar-refractivity contribution in [3.63, 3.8) is 0 Å². The molecule has 25 heavy (non-hydrogen) atoms. The highest BCUT2D eigenvalue weighted by molar-refractivity contribution is 6.00. The lowest BCUT2D eigenvalue weighted by Crippen LogP contribution is -2.25. The number of amides is 3. The molecule has 0 aliphatic heterocycles. The molecule has 0 aromatic heterocycles. The van der Waals surface area contributed by atoms with Crippen LogP contribution >= 0.6 is 0 Å². The third kappa shape index (κ3) is 4.83. The Kier molecular flexibility index (Phi) is 5.03. The molecule has 0 heterocycles. The Balaban J connectivity index is 1.54. The van der Waals surface area contributed by atoms with E-state index in [1.54, 1.807) is 24.3 Å². The minimum Gasteiger partial charge on any atom is -0.349 e. The Bertz CT molecular complexity index is 748. The van der Waals surface area contributed by atoms with Gasteiger partial charge in [-0.25, -0.2) is 4.79 Å². The third-order valence-corrected chi connectivity index (χ3v) is 4.15. The van der Waals surface area contributed by atoms with E-state index < -0.39 is 0 Å². The van der Waals surface area contributed by atoms with Crippen molar-refractivity contribution in [2.45, 2.75) is 38.6 Å². The monoisotopic (exact) mass is 337 g/mol. The van der Waals surface area contributed by atoms with Crippen LogP contribution in [0.2, 0.25) is 0 Å². The molecule has 0 radical (unpaired) electrons. The number of urea groups is 1. The minimum absolute atomic E-state index is 0.0660. The van der Waals surface area contributed by atoms with Gasteiger partial charge < -0.3 is 16.0 Å². The van der Waals surface area contributed by atoms with Gasteiger partial charge in [0, 0.05) is 23.0 Å². The molecule has 2 aromatic carbocycles. The van der Waals surface area contributed by atoms with Crippen LogP contribution in [0.5, 0.6) is 0 Å². The molecule has 0 saturated heterocycles. The number of rotatable bonds is 5. The summed E-state index contributed by atoms with van der Waals surface area (Å²) in [6.45, 7) is 4.26. The van der Waals surface area contributed by atoms with Crippen molar-refractivity contribution in [3.8, 4) is 0 Å². The van der Waals surface area contributed by atoms with Gasteiger partial charge in [-0.05, 0) is 60.7 Å². The third-order valence-electron chi connectivity index (χ3n) is 4.15. The lowest BCUT2D eigenvalue weighted by Gasteiger charge is -2.10. The van der Waals surface area contributed by atoms with Crippen molar-refractivity contribution < 1.29 is 9.59 Å². The fraction of sp³-hybridized carbons (Fsp3) is 0.300.